The Kier molecular flexibility index (Phi) is 5.36. The van der Waals surface area contributed by atoms with Gasteiger partial charge in [0, 0.05) is 0 Å². The zero-order valence-corrected chi connectivity index (χ0v) is 11.3. The summed E-state index contributed by atoms with van der Waals surface area (Å²) < 4.78 is 5.45. The molecule has 1 amide bonds. The maximum absolute atomic E-state index is 11.8. The molecular formula is C14H19NO4. The minimum absolute atomic E-state index is 0.332. The van der Waals surface area contributed by atoms with Gasteiger partial charge in [-0.1, -0.05) is 24.6 Å². The minimum atomic E-state index is -1.04. The summed E-state index contributed by atoms with van der Waals surface area (Å²) in [5, 5.41) is 11.3. The van der Waals surface area contributed by atoms with E-state index in [1.807, 2.05) is 19.1 Å². The van der Waals surface area contributed by atoms with Crippen LogP contribution in [0.3, 0.4) is 0 Å². The molecule has 0 aliphatic heterocycles. The summed E-state index contributed by atoms with van der Waals surface area (Å²) in [6.45, 7) is 5.24. The van der Waals surface area contributed by atoms with Gasteiger partial charge in [-0.3, -0.25) is 4.79 Å². The summed E-state index contributed by atoms with van der Waals surface area (Å²) in [5.41, 5.74) is 1.10. The molecule has 5 heteroatoms. The van der Waals surface area contributed by atoms with Crippen molar-refractivity contribution in [2.45, 2.75) is 39.3 Å². The van der Waals surface area contributed by atoms with Crippen molar-refractivity contribution in [3.05, 3.63) is 29.8 Å². The first-order chi connectivity index (χ1) is 8.93. The number of aryl methyl sites for hydroxylation is 1. The Hall–Kier alpha value is -2.04. The van der Waals surface area contributed by atoms with Gasteiger partial charge in [0.2, 0.25) is 0 Å². The Balaban J connectivity index is 2.57. The topological polar surface area (TPSA) is 75.6 Å². The number of nitrogens with one attached hydrogen (secondary N) is 1. The average Bonchev–Trinajstić information content (AvgIpc) is 2.37. The molecule has 0 fully saturated rings. The zero-order chi connectivity index (χ0) is 14.4. The molecule has 1 aromatic rings. The number of carbonyl (C=O) groups is 2. The SMILES string of the molecule is CC[C@H](NC(=O)C(C)Oc1ccc(C)cc1)C(=O)O. The van der Waals surface area contributed by atoms with Crippen molar-refractivity contribution in [1.82, 2.24) is 5.32 Å². The van der Waals surface area contributed by atoms with Gasteiger partial charge in [0.15, 0.2) is 6.10 Å². The fourth-order valence-electron chi connectivity index (χ4n) is 1.50. The van der Waals surface area contributed by atoms with Crippen molar-refractivity contribution in [2.24, 2.45) is 0 Å². The zero-order valence-electron chi connectivity index (χ0n) is 11.3. The molecule has 1 unspecified atom stereocenters. The third kappa shape index (κ3) is 4.62. The first kappa shape index (κ1) is 15.0. The molecule has 0 bridgehead atoms. The van der Waals surface area contributed by atoms with Crippen LogP contribution in [0.1, 0.15) is 25.8 Å². The lowest BCUT2D eigenvalue weighted by molar-refractivity contribution is -0.143. The van der Waals surface area contributed by atoms with Gasteiger partial charge in [0.05, 0.1) is 0 Å². The third-order valence-electron chi connectivity index (χ3n) is 2.73. The van der Waals surface area contributed by atoms with Gasteiger partial charge >= 0.3 is 5.97 Å². The molecular weight excluding hydrogens is 246 g/mol. The van der Waals surface area contributed by atoms with E-state index in [9.17, 15) is 9.59 Å². The van der Waals surface area contributed by atoms with Crippen LogP contribution < -0.4 is 10.1 Å². The van der Waals surface area contributed by atoms with Crippen molar-refractivity contribution in [1.29, 1.82) is 0 Å². The molecule has 2 atom stereocenters. The number of rotatable bonds is 6. The maximum Gasteiger partial charge on any atom is 0.326 e. The summed E-state index contributed by atoms with van der Waals surface area (Å²) in [7, 11) is 0. The molecule has 0 saturated carbocycles. The van der Waals surface area contributed by atoms with Crippen LogP contribution >= 0.6 is 0 Å². The van der Waals surface area contributed by atoms with E-state index >= 15 is 0 Å². The smallest absolute Gasteiger partial charge is 0.326 e. The Morgan fingerprint density at radius 2 is 1.89 bits per heavy atom. The second kappa shape index (κ2) is 6.78. The van der Waals surface area contributed by atoms with Crippen LogP contribution in [0.5, 0.6) is 5.75 Å². The number of hydrogen-bond donors (Lipinski definition) is 2. The van der Waals surface area contributed by atoms with Crippen molar-refractivity contribution < 1.29 is 19.4 Å². The second-order valence-electron chi connectivity index (χ2n) is 4.38. The molecule has 2 N–H and O–H groups in total. The van der Waals surface area contributed by atoms with Gasteiger partial charge < -0.3 is 15.2 Å². The van der Waals surface area contributed by atoms with E-state index in [0.717, 1.165) is 5.56 Å². The van der Waals surface area contributed by atoms with Gasteiger partial charge in [-0.15, -0.1) is 0 Å². The van der Waals surface area contributed by atoms with Crippen LogP contribution in [0.15, 0.2) is 24.3 Å². The van der Waals surface area contributed by atoms with Gasteiger partial charge in [0.25, 0.3) is 5.91 Å². The highest BCUT2D eigenvalue weighted by Crippen LogP contribution is 2.13. The number of amides is 1. The molecule has 104 valence electrons. The van der Waals surface area contributed by atoms with Crippen LogP contribution in [-0.2, 0) is 9.59 Å². The highest BCUT2D eigenvalue weighted by atomic mass is 16.5. The number of hydrogen-bond acceptors (Lipinski definition) is 3. The Labute approximate surface area is 112 Å². The molecule has 0 radical (unpaired) electrons. The molecule has 1 aromatic carbocycles. The Morgan fingerprint density at radius 3 is 2.37 bits per heavy atom. The summed E-state index contributed by atoms with van der Waals surface area (Å²) in [6, 6.07) is 6.43. The summed E-state index contributed by atoms with van der Waals surface area (Å²) in [6.07, 6.45) is -0.408. The van der Waals surface area contributed by atoms with Crippen LogP contribution in [0.2, 0.25) is 0 Å². The summed E-state index contributed by atoms with van der Waals surface area (Å²) in [4.78, 5) is 22.6. The predicted molar refractivity (Wildman–Crippen MR) is 71.1 cm³/mol. The van der Waals surface area contributed by atoms with E-state index in [-0.39, 0.29) is 0 Å². The van der Waals surface area contributed by atoms with Crippen LogP contribution in [0.25, 0.3) is 0 Å². The first-order valence-corrected chi connectivity index (χ1v) is 6.20. The third-order valence-corrected chi connectivity index (χ3v) is 2.73. The van der Waals surface area contributed by atoms with E-state index in [0.29, 0.717) is 12.2 Å². The van der Waals surface area contributed by atoms with Gasteiger partial charge in [-0.25, -0.2) is 4.79 Å². The standard InChI is InChI=1S/C14H19NO4/c1-4-12(14(17)18)15-13(16)10(3)19-11-7-5-9(2)6-8-11/h5-8,10,12H,4H2,1-3H3,(H,15,16)(H,17,18)/t10?,12-/m0/s1. The first-order valence-electron chi connectivity index (χ1n) is 6.20. The summed E-state index contributed by atoms with van der Waals surface area (Å²) in [5.74, 6) is -0.898. The fraction of sp³-hybridized carbons (Fsp3) is 0.429. The lowest BCUT2D eigenvalue weighted by Gasteiger charge is -2.18. The number of benzene rings is 1. The van der Waals surface area contributed by atoms with Crippen LogP contribution in [-0.4, -0.2) is 29.1 Å². The normalized spacial score (nSPS) is 13.4. The molecule has 0 heterocycles. The molecule has 0 spiro atoms. The van der Waals surface area contributed by atoms with Gasteiger partial charge in [-0.05, 0) is 32.4 Å². The number of ether oxygens (including phenoxy) is 1. The molecule has 5 nitrogen and oxygen atoms in total. The monoisotopic (exact) mass is 265 g/mol. The highest BCUT2D eigenvalue weighted by molar-refractivity contribution is 5.86. The highest BCUT2D eigenvalue weighted by Gasteiger charge is 2.22. The van der Waals surface area contributed by atoms with Crippen LogP contribution in [0.4, 0.5) is 0 Å². The summed E-state index contributed by atoms with van der Waals surface area (Å²) >= 11 is 0. The lowest BCUT2D eigenvalue weighted by Crippen LogP contribution is -2.45. The second-order valence-corrected chi connectivity index (χ2v) is 4.38. The van der Waals surface area contributed by atoms with Crippen molar-refractivity contribution >= 4 is 11.9 Å². The maximum atomic E-state index is 11.8. The number of carboxylic acid groups (broad SMARTS) is 1. The van der Waals surface area contributed by atoms with Crippen LogP contribution in [0, 0.1) is 6.92 Å². The van der Waals surface area contributed by atoms with E-state index in [1.165, 1.54) is 0 Å². The molecule has 0 saturated heterocycles. The predicted octanol–water partition coefficient (Wildman–Crippen LogP) is 1.74. The minimum Gasteiger partial charge on any atom is -0.481 e. The molecule has 1 rings (SSSR count). The van der Waals surface area contributed by atoms with Crippen molar-refractivity contribution in [3.63, 3.8) is 0 Å². The van der Waals surface area contributed by atoms with Gasteiger partial charge in [0.1, 0.15) is 11.8 Å². The molecule has 0 aliphatic rings. The van der Waals surface area contributed by atoms with Crippen molar-refractivity contribution in [2.75, 3.05) is 0 Å². The van der Waals surface area contributed by atoms with E-state index < -0.39 is 24.0 Å². The molecule has 0 aromatic heterocycles. The molecule has 0 aliphatic carbocycles. The Bertz CT molecular complexity index is 441. The average molecular weight is 265 g/mol. The van der Waals surface area contributed by atoms with E-state index in [1.54, 1.807) is 26.0 Å². The fourth-order valence-corrected chi connectivity index (χ4v) is 1.50. The number of aliphatic carboxylic acids is 1. The lowest BCUT2D eigenvalue weighted by atomic mass is 10.2. The Morgan fingerprint density at radius 1 is 1.32 bits per heavy atom. The largest absolute Gasteiger partial charge is 0.481 e. The number of carboxylic acids is 1. The molecule has 19 heavy (non-hydrogen) atoms. The van der Waals surface area contributed by atoms with E-state index in [4.69, 9.17) is 9.84 Å². The van der Waals surface area contributed by atoms with Gasteiger partial charge in [-0.2, -0.15) is 0 Å². The quantitative estimate of drug-likeness (QED) is 0.821. The number of carbonyl (C=O) groups excluding carboxylic acids is 1. The van der Waals surface area contributed by atoms with E-state index in [2.05, 4.69) is 5.32 Å². The van der Waals surface area contributed by atoms with Crippen molar-refractivity contribution in [3.8, 4) is 5.75 Å².